The van der Waals surface area contributed by atoms with Crippen molar-refractivity contribution in [3.63, 3.8) is 0 Å². The lowest BCUT2D eigenvalue weighted by molar-refractivity contribution is -0.144. The lowest BCUT2D eigenvalue weighted by Crippen LogP contribution is -2.34. The topological polar surface area (TPSA) is 55.8 Å². The van der Waals surface area contributed by atoms with E-state index >= 15 is 0 Å². The van der Waals surface area contributed by atoms with Crippen molar-refractivity contribution in [3.05, 3.63) is 23.3 Å². The van der Waals surface area contributed by atoms with Gasteiger partial charge in [0.15, 0.2) is 0 Å². The van der Waals surface area contributed by atoms with Crippen molar-refractivity contribution in [2.45, 2.75) is 45.3 Å². The molecule has 0 aromatic rings. The Morgan fingerprint density at radius 2 is 2.15 bits per heavy atom. The van der Waals surface area contributed by atoms with Gasteiger partial charge in [0, 0.05) is 13.0 Å². The van der Waals surface area contributed by atoms with Crippen LogP contribution in [-0.4, -0.2) is 37.0 Å². The number of ether oxygens (including phenoxy) is 2. The first-order valence-electron chi connectivity index (χ1n) is 7.23. The lowest BCUT2D eigenvalue weighted by Gasteiger charge is -2.25. The first kappa shape index (κ1) is 15.3. The highest BCUT2D eigenvalue weighted by molar-refractivity contribution is 5.76. The molecule has 0 radical (unpaired) electrons. The summed E-state index contributed by atoms with van der Waals surface area (Å²) in [4.78, 5) is 12.0. The normalized spacial score (nSPS) is 40.1. The van der Waals surface area contributed by atoms with E-state index in [1.807, 2.05) is 19.9 Å². The fourth-order valence-electron chi connectivity index (χ4n) is 3.14. The Hall–Kier alpha value is -1.13. The highest BCUT2D eigenvalue weighted by atomic mass is 16.6. The average molecular weight is 280 g/mol. The molecule has 1 fully saturated rings. The summed E-state index contributed by atoms with van der Waals surface area (Å²) in [6, 6.07) is 0. The minimum absolute atomic E-state index is 0.223. The quantitative estimate of drug-likeness (QED) is 0.622. The molecule has 0 amide bonds. The molecule has 1 aliphatic carbocycles. The summed E-state index contributed by atoms with van der Waals surface area (Å²) in [6.45, 7) is 4.38. The molecule has 4 atom stereocenters. The van der Waals surface area contributed by atoms with Gasteiger partial charge >= 0.3 is 5.97 Å². The maximum atomic E-state index is 12.0. The third kappa shape index (κ3) is 3.30. The zero-order valence-electron chi connectivity index (χ0n) is 12.5. The van der Waals surface area contributed by atoms with Crippen LogP contribution in [-0.2, 0) is 14.3 Å². The number of methoxy groups -OCH3 is 1. The fourth-order valence-corrected chi connectivity index (χ4v) is 3.14. The summed E-state index contributed by atoms with van der Waals surface area (Å²) in [5, 5.41) is 10.5. The molecule has 1 saturated heterocycles. The van der Waals surface area contributed by atoms with Crippen LogP contribution in [0.15, 0.2) is 23.3 Å². The van der Waals surface area contributed by atoms with Gasteiger partial charge in [0.05, 0.1) is 18.6 Å². The van der Waals surface area contributed by atoms with Crippen molar-refractivity contribution >= 4 is 5.97 Å². The van der Waals surface area contributed by atoms with Gasteiger partial charge in [-0.05, 0) is 39.2 Å². The second kappa shape index (κ2) is 6.55. The minimum atomic E-state index is -0.579. The van der Waals surface area contributed by atoms with Crippen molar-refractivity contribution in [1.29, 1.82) is 0 Å². The van der Waals surface area contributed by atoms with Crippen LogP contribution in [0.2, 0.25) is 0 Å². The first-order valence-corrected chi connectivity index (χ1v) is 7.23. The predicted molar refractivity (Wildman–Crippen MR) is 76.1 cm³/mol. The van der Waals surface area contributed by atoms with Gasteiger partial charge in [-0.1, -0.05) is 17.2 Å². The Labute approximate surface area is 120 Å². The third-order valence-electron chi connectivity index (χ3n) is 4.20. The Bertz CT molecular complexity index is 424. The van der Waals surface area contributed by atoms with Gasteiger partial charge in [0.1, 0.15) is 6.10 Å². The predicted octanol–water partition coefficient (Wildman–Crippen LogP) is 2.23. The first-order chi connectivity index (χ1) is 9.52. The van der Waals surface area contributed by atoms with E-state index in [9.17, 15) is 9.90 Å². The van der Waals surface area contributed by atoms with Gasteiger partial charge in [0.2, 0.25) is 0 Å². The molecule has 1 aliphatic heterocycles. The van der Waals surface area contributed by atoms with E-state index < -0.39 is 6.10 Å². The van der Waals surface area contributed by atoms with Gasteiger partial charge in [-0.2, -0.15) is 0 Å². The highest BCUT2D eigenvalue weighted by Gasteiger charge is 2.47. The summed E-state index contributed by atoms with van der Waals surface area (Å²) in [6.07, 6.45) is 5.77. The van der Waals surface area contributed by atoms with Crippen molar-refractivity contribution < 1.29 is 19.4 Å². The van der Waals surface area contributed by atoms with Crippen LogP contribution >= 0.6 is 0 Å². The zero-order valence-corrected chi connectivity index (χ0v) is 12.5. The Morgan fingerprint density at radius 3 is 2.85 bits per heavy atom. The van der Waals surface area contributed by atoms with E-state index in [2.05, 4.69) is 6.08 Å². The molecule has 0 aromatic heterocycles. The standard InChI is InChI=1S/C16H24O4/c1-10-5-4-6-11(2)8-14-15(13(17)7-10)12(9-19-3)16(18)20-14/h5,8,12-15,17H,4,6-7,9H2,1-3H3/b10-5+,11-8+/t12?,13-,14-,15-/m1/s1. The van der Waals surface area contributed by atoms with Gasteiger partial charge < -0.3 is 14.6 Å². The molecule has 4 heteroatoms. The number of allylic oxidation sites excluding steroid dienone is 2. The number of esters is 1. The van der Waals surface area contributed by atoms with Crippen LogP contribution in [0.4, 0.5) is 0 Å². The second-order valence-corrected chi connectivity index (χ2v) is 5.91. The molecule has 2 aliphatic rings. The van der Waals surface area contributed by atoms with Gasteiger partial charge in [-0.25, -0.2) is 0 Å². The number of fused-ring (bicyclic) bond motifs is 1. The maximum absolute atomic E-state index is 12.0. The molecule has 0 aromatic carbocycles. The lowest BCUT2D eigenvalue weighted by atomic mass is 9.82. The molecule has 2 rings (SSSR count). The molecule has 1 heterocycles. The number of aliphatic hydroxyl groups is 1. The van der Waals surface area contributed by atoms with E-state index in [-0.39, 0.29) is 23.9 Å². The monoisotopic (exact) mass is 280 g/mol. The van der Waals surface area contributed by atoms with E-state index in [4.69, 9.17) is 9.47 Å². The molecular formula is C16H24O4. The maximum Gasteiger partial charge on any atom is 0.312 e. The van der Waals surface area contributed by atoms with E-state index in [1.54, 1.807) is 7.11 Å². The molecule has 0 spiro atoms. The summed E-state index contributed by atoms with van der Waals surface area (Å²) in [5.41, 5.74) is 2.37. The van der Waals surface area contributed by atoms with Crippen LogP contribution in [0.1, 0.15) is 33.1 Å². The molecule has 0 saturated carbocycles. The SMILES string of the molecule is COCC1C(=O)O[C@@H]2/C=C(\C)CC/C=C(\C)C[C@@H](O)[C@@H]12. The third-order valence-corrected chi connectivity index (χ3v) is 4.20. The fraction of sp³-hybridized carbons (Fsp3) is 0.688. The summed E-state index contributed by atoms with van der Waals surface area (Å²) in [5.74, 6) is -0.860. The Morgan fingerprint density at radius 1 is 1.40 bits per heavy atom. The minimum Gasteiger partial charge on any atom is -0.457 e. The van der Waals surface area contributed by atoms with Crippen LogP contribution in [0.25, 0.3) is 0 Å². The van der Waals surface area contributed by atoms with Crippen molar-refractivity contribution in [2.24, 2.45) is 11.8 Å². The average Bonchev–Trinajstić information content (AvgIpc) is 2.65. The van der Waals surface area contributed by atoms with Gasteiger partial charge in [-0.15, -0.1) is 0 Å². The molecule has 1 unspecified atom stereocenters. The van der Waals surface area contributed by atoms with Crippen molar-refractivity contribution in [2.75, 3.05) is 13.7 Å². The van der Waals surface area contributed by atoms with Crippen LogP contribution < -0.4 is 0 Å². The summed E-state index contributed by atoms with van der Waals surface area (Å²) in [7, 11) is 1.57. The smallest absolute Gasteiger partial charge is 0.312 e. The van der Waals surface area contributed by atoms with Gasteiger partial charge in [0.25, 0.3) is 0 Å². The summed E-state index contributed by atoms with van der Waals surface area (Å²) >= 11 is 0. The molecule has 4 nitrogen and oxygen atoms in total. The molecule has 20 heavy (non-hydrogen) atoms. The number of carbonyl (C=O) groups is 1. The highest BCUT2D eigenvalue weighted by Crippen LogP contribution is 2.36. The largest absolute Gasteiger partial charge is 0.457 e. The van der Waals surface area contributed by atoms with Gasteiger partial charge in [-0.3, -0.25) is 4.79 Å². The molecular weight excluding hydrogens is 256 g/mol. The second-order valence-electron chi connectivity index (χ2n) is 5.91. The Balaban J connectivity index is 2.30. The molecule has 0 bridgehead atoms. The van der Waals surface area contributed by atoms with Crippen LogP contribution in [0.5, 0.6) is 0 Å². The number of rotatable bonds is 2. The number of aliphatic hydroxyl groups excluding tert-OH is 1. The van der Waals surface area contributed by atoms with E-state index in [0.717, 1.165) is 12.8 Å². The summed E-state index contributed by atoms with van der Waals surface area (Å²) < 4.78 is 10.6. The Kier molecular flexibility index (Phi) is 5.00. The van der Waals surface area contributed by atoms with Crippen LogP contribution in [0.3, 0.4) is 0 Å². The van der Waals surface area contributed by atoms with Crippen LogP contribution in [0, 0.1) is 11.8 Å². The number of hydrogen-bond donors (Lipinski definition) is 1. The van der Waals surface area contributed by atoms with Crippen molar-refractivity contribution in [3.8, 4) is 0 Å². The number of hydrogen-bond acceptors (Lipinski definition) is 4. The van der Waals surface area contributed by atoms with E-state index in [0.29, 0.717) is 13.0 Å². The molecule has 112 valence electrons. The molecule has 1 N–H and O–H groups in total. The zero-order chi connectivity index (χ0) is 14.7. The van der Waals surface area contributed by atoms with E-state index in [1.165, 1.54) is 11.1 Å². The van der Waals surface area contributed by atoms with Crippen molar-refractivity contribution in [1.82, 2.24) is 0 Å². The number of carbonyl (C=O) groups excluding carboxylic acids is 1.